The minimum absolute atomic E-state index is 0.152. The molecular formula is C17H27Cl2N. The van der Waals surface area contributed by atoms with Crippen molar-refractivity contribution in [3.63, 3.8) is 0 Å². The molecule has 1 rings (SSSR count). The van der Waals surface area contributed by atoms with Crippen LogP contribution in [-0.4, -0.2) is 12.1 Å². The van der Waals surface area contributed by atoms with E-state index < -0.39 is 0 Å². The van der Waals surface area contributed by atoms with Crippen LogP contribution in [-0.2, 0) is 6.42 Å². The third kappa shape index (κ3) is 6.97. The highest BCUT2D eigenvalue weighted by atomic mass is 35.5. The van der Waals surface area contributed by atoms with Crippen LogP contribution in [0.2, 0.25) is 10.0 Å². The van der Waals surface area contributed by atoms with Crippen LogP contribution < -0.4 is 5.32 Å². The summed E-state index contributed by atoms with van der Waals surface area (Å²) in [6, 6.07) is 5.81. The summed E-state index contributed by atoms with van der Waals surface area (Å²) in [5.74, 6) is 1.28. The Kier molecular flexibility index (Phi) is 6.84. The second-order valence-electron chi connectivity index (χ2n) is 7.07. The van der Waals surface area contributed by atoms with Crippen LogP contribution in [0.4, 0.5) is 0 Å². The molecule has 0 bridgehead atoms. The van der Waals surface area contributed by atoms with E-state index in [1.54, 1.807) is 0 Å². The first-order chi connectivity index (χ1) is 9.17. The van der Waals surface area contributed by atoms with E-state index in [0.717, 1.165) is 18.0 Å². The van der Waals surface area contributed by atoms with Gasteiger partial charge >= 0.3 is 0 Å². The van der Waals surface area contributed by atoms with E-state index in [2.05, 4.69) is 46.0 Å². The van der Waals surface area contributed by atoms with Crippen molar-refractivity contribution in [2.45, 2.75) is 53.0 Å². The summed E-state index contributed by atoms with van der Waals surface area (Å²) in [6.45, 7) is 12.2. The predicted octanol–water partition coefficient (Wildman–Crippen LogP) is 5.59. The third-order valence-electron chi connectivity index (χ3n) is 3.25. The molecule has 114 valence electrons. The van der Waals surface area contributed by atoms with Crippen molar-refractivity contribution in [3.8, 4) is 0 Å². The summed E-state index contributed by atoms with van der Waals surface area (Å²) >= 11 is 12.3. The maximum absolute atomic E-state index is 6.30. The van der Waals surface area contributed by atoms with Gasteiger partial charge in [0.05, 0.1) is 0 Å². The zero-order valence-electron chi connectivity index (χ0n) is 13.3. The lowest BCUT2D eigenvalue weighted by molar-refractivity contribution is 0.331. The molecule has 1 N–H and O–H groups in total. The molecule has 1 unspecified atom stereocenters. The van der Waals surface area contributed by atoms with Gasteiger partial charge in [0, 0.05) is 15.6 Å². The first-order valence-corrected chi connectivity index (χ1v) is 8.12. The minimum atomic E-state index is 0.152. The topological polar surface area (TPSA) is 12.0 Å². The fraction of sp³-hybridized carbons (Fsp3) is 0.647. The normalized spacial score (nSPS) is 13.8. The lowest BCUT2D eigenvalue weighted by Crippen LogP contribution is -2.39. The van der Waals surface area contributed by atoms with Gasteiger partial charge in [0.15, 0.2) is 0 Å². The number of hydrogen-bond donors (Lipinski definition) is 1. The van der Waals surface area contributed by atoms with E-state index in [9.17, 15) is 0 Å². The van der Waals surface area contributed by atoms with Gasteiger partial charge in [-0.25, -0.2) is 0 Å². The Bertz CT molecular complexity index is 421. The average Bonchev–Trinajstić information content (AvgIpc) is 2.28. The Hall–Kier alpha value is -0.240. The molecular weight excluding hydrogens is 289 g/mol. The SMILES string of the molecule is CC(C)CC(CNC(C)(C)C)Cc1ccc(Cl)cc1Cl. The molecule has 0 saturated heterocycles. The number of rotatable bonds is 6. The molecule has 0 aliphatic carbocycles. The fourth-order valence-electron chi connectivity index (χ4n) is 2.35. The molecule has 0 radical (unpaired) electrons. The monoisotopic (exact) mass is 315 g/mol. The summed E-state index contributed by atoms with van der Waals surface area (Å²) in [7, 11) is 0. The van der Waals surface area contributed by atoms with E-state index in [1.165, 1.54) is 12.0 Å². The van der Waals surface area contributed by atoms with E-state index in [4.69, 9.17) is 23.2 Å². The molecule has 0 heterocycles. The van der Waals surface area contributed by atoms with Crippen molar-refractivity contribution in [3.05, 3.63) is 33.8 Å². The Morgan fingerprint density at radius 3 is 2.30 bits per heavy atom. The lowest BCUT2D eigenvalue weighted by Gasteiger charge is -2.26. The molecule has 0 fully saturated rings. The molecule has 0 saturated carbocycles. The van der Waals surface area contributed by atoms with Crippen LogP contribution in [0.25, 0.3) is 0 Å². The summed E-state index contributed by atoms with van der Waals surface area (Å²) in [6.07, 6.45) is 2.19. The Balaban J connectivity index is 2.73. The van der Waals surface area contributed by atoms with Crippen molar-refractivity contribution in [1.29, 1.82) is 0 Å². The zero-order chi connectivity index (χ0) is 15.3. The molecule has 1 atom stereocenters. The van der Waals surface area contributed by atoms with Crippen LogP contribution in [0.15, 0.2) is 18.2 Å². The Labute approximate surface area is 134 Å². The second kappa shape index (κ2) is 7.68. The number of benzene rings is 1. The van der Waals surface area contributed by atoms with Gasteiger partial charge in [0.25, 0.3) is 0 Å². The molecule has 0 aliphatic heterocycles. The van der Waals surface area contributed by atoms with Gasteiger partial charge in [-0.15, -0.1) is 0 Å². The molecule has 0 aromatic heterocycles. The van der Waals surface area contributed by atoms with Gasteiger partial charge in [-0.3, -0.25) is 0 Å². The standard InChI is InChI=1S/C17H27Cl2N/c1-12(2)8-13(11-20-17(3,4)5)9-14-6-7-15(18)10-16(14)19/h6-7,10,12-13,20H,8-9,11H2,1-5H3. The van der Waals surface area contributed by atoms with Crippen molar-refractivity contribution < 1.29 is 0 Å². The van der Waals surface area contributed by atoms with E-state index in [-0.39, 0.29) is 5.54 Å². The highest BCUT2D eigenvalue weighted by Gasteiger charge is 2.17. The summed E-state index contributed by atoms with van der Waals surface area (Å²) in [5.41, 5.74) is 1.34. The molecule has 0 amide bonds. The van der Waals surface area contributed by atoms with Crippen molar-refractivity contribution in [2.24, 2.45) is 11.8 Å². The zero-order valence-corrected chi connectivity index (χ0v) is 14.8. The summed E-state index contributed by atoms with van der Waals surface area (Å²) in [5, 5.41) is 5.09. The van der Waals surface area contributed by atoms with Gasteiger partial charge < -0.3 is 5.32 Å². The highest BCUT2D eigenvalue weighted by Crippen LogP contribution is 2.25. The molecule has 1 aromatic rings. The maximum atomic E-state index is 6.30. The Morgan fingerprint density at radius 2 is 1.80 bits per heavy atom. The van der Waals surface area contributed by atoms with Crippen LogP contribution >= 0.6 is 23.2 Å². The van der Waals surface area contributed by atoms with E-state index >= 15 is 0 Å². The van der Waals surface area contributed by atoms with Crippen molar-refractivity contribution in [2.75, 3.05) is 6.54 Å². The molecule has 1 aromatic carbocycles. The Morgan fingerprint density at radius 1 is 1.15 bits per heavy atom. The average molecular weight is 316 g/mol. The molecule has 0 spiro atoms. The number of hydrogen-bond acceptors (Lipinski definition) is 1. The maximum Gasteiger partial charge on any atom is 0.0452 e. The van der Waals surface area contributed by atoms with Gasteiger partial charge in [0.2, 0.25) is 0 Å². The lowest BCUT2D eigenvalue weighted by atomic mass is 9.90. The number of halogens is 2. The largest absolute Gasteiger partial charge is 0.312 e. The van der Waals surface area contributed by atoms with Crippen molar-refractivity contribution >= 4 is 23.2 Å². The van der Waals surface area contributed by atoms with Gasteiger partial charge in [-0.05, 0) is 69.7 Å². The van der Waals surface area contributed by atoms with Gasteiger partial charge in [-0.1, -0.05) is 43.1 Å². The summed E-state index contributed by atoms with van der Waals surface area (Å²) in [4.78, 5) is 0. The first kappa shape index (κ1) is 17.8. The van der Waals surface area contributed by atoms with Crippen LogP contribution in [0, 0.1) is 11.8 Å². The second-order valence-corrected chi connectivity index (χ2v) is 7.91. The fourth-order valence-corrected chi connectivity index (χ4v) is 2.84. The van der Waals surface area contributed by atoms with E-state index in [0.29, 0.717) is 16.9 Å². The molecule has 3 heteroatoms. The smallest absolute Gasteiger partial charge is 0.0452 e. The third-order valence-corrected chi connectivity index (χ3v) is 3.84. The van der Waals surface area contributed by atoms with Gasteiger partial charge in [-0.2, -0.15) is 0 Å². The van der Waals surface area contributed by atoms with Crippen LogP contribution in [0.3, 0.4) is 0 Å². The number of nitrogens with one attached hydrogen (secondary N) is 1. The molecule has 20 heavy (non-hydrogen) atoms. The molecule has 1 nitrogen and oxygen atoms in total. The van der Waals surface area contributed by atoms with E-state index in [1.807, 2.05) is 12.1 Å². The minimum Gasteiger partial charge on any atom is -0.312 e. The first-order valence-electron chi connectivity index (χ1n) is 7.36. The highest BCUT2D eigenvalue weighted by molar-refractivity contribution is 6.35. The summed E-state index contributed by atoms with van der Waals surface area (Å²) < 4.78 is 0. The van der Waals surface area contributed by atoms with Crippen LogP contribution in [0.5, 0.6) is 0 Å². The van der Waals surface area contributed by atoms with Gasteiger partial charge in [0.1, 0.15) is 0 Å². The molecule has 0 aliphatic rings. The quantitative estimate of drug-likeness (QED) is 0.721. The predicted molar refractivity (Wildman–Crippen MR) is 90.9 cm³/mol. The van der Waals surface area contributed by atoms with Crippen molar-refractivity contribution in [1.82, 2.24) is 5.32 Å². The van der Waals surface area contributed by atoms with Crippen LogP contribution in [0.1, 0.15) is 46.6 Å².